The predicted octanol–water partition coefficient (Wildman–Crippen LogP) is 2.48. The molecule has 0 saturated heterocycles. The number of halogens is 1. The summed E-state index contributed by atoms with van der Waals surface area (Å²) in [6, 6.07) is 1.45. The van der Waals surface area contributed by atoms with Crippen molar-refractivity contribution < 1.29 is 4.79 Å². The second kappa shape index (κ2) is 6.82. The minimum absolute atomic E-state index is 0. The summed E-state index contributed by atoms with van der Waals surface area (Å²) in [5.41, 5.74) is 6.61. The van der Waals surface area contributed by atoms with Crippen LogP contribution in [0.1, 0.15) is 20.3 Å². The van der Waals surface area contributed by atoms with Crippen LogP contribution in [-0.4, -0.2) is 11.9 Å². The molecule has 0 aliphatic carbocycles. The Morgan fingerprint density at radius 2 is 2.33 bits per heavy atom. The molecule has 0 saturated carbocycles. The zero-order valence-electron chi connectivity index (χ0n) is 8.90. The lowest BCUT2D eigenvalue weighted by atomic mass is 9.99. The van der Waals surface area contributed by atoms with E-state index < -0.39 is 6.04 Å². The van der Waals surface area contributed by atoms with Gasteiger partial charge in [-0.3, -0.25) is 4.79 Å². The Morgan fingerprint density at radius 1 is 1.67 bits per heavy atom. The van der Waals surface area contributed by atoms with Gasteiger partial charge in [-0.2, -0.15) is 11.3 Å². The first kappa shape index (κ1) is 14.4. The van der Waals surface area contributed by atoms with Crippen LogP contribution < -0.4 is 11.1 Å². The van der Waals surface area contributed by atoms with Crippen LogP contribution in [0.2, 0.25) is 0 Å². The van der Waals surface area contributed by atoms with Crippen molar-refractivity contribution in [1.29, 1.82) is 0 Å². The number of carbonyl (C=O) groups is 1. The summed E-state index contributed by atoms with van der Waals surface area (Å²) in [7, 11) is 0. The number of amides is 1. The topological polar surface area (TPSA) is 55.1 Å². The Bertz CT molecular complexity index is 290. The second-order valence-corrected chi connectivity index (χ2v) is 4.19. The number of rotatable bonds is 4. The third-order valence-corrected chi connectivity index (χ3v) is 3.03. The lowest BCUT2D eigenvalue weighted by molar-refractivity contribution is -0.118. The molecule has 86 valence electrons. The molecule has 3 N–H and O–H groups in total. The number of hydrogen-bond donors (Lipinski definition) is 2. The molecule has 0 fully saturated rings. The van der Waals surface area contributed by atoms with Gasteiger partial charge < -0.3 is 11.1 Å². The van der Waals surface area contributed by atoms with Crippen LogP contribution in [0.5, 0.6) is 0 Å². The Morgan fingerprint density at radius 3 is 2.80 bits per heavy atom. The number of nitrogens with two attached hydrogens (primary N) is 1. The van der Waals surface area contributed by atoms with Crippen LogP contribution in [0, 0.1) is 5.92 Å². The maximum atomic E-state index is 11.6. The average Bonchev–Trinajstić information content (AvgIpc) is 2.68. The first-order valence-electron chi connectivity index (χ1n) is 4.73. The van der Waals surface area contributed by atoms with Crippen LogP contribution in [0.3, 0.4) is 0 Å². The average molecular weight is 249 g/mol. The first-order valence-corrected chi connectivity index (χ1v) is 5.68. The van der Waals surface area contributed by atoms with Gasteiger partial charge in [-0.15, -0.1) is 12.4 Å². The fraction of sp³-hybridized carbons (Fsp3) is 0.500. The van der Waals surface area contributed by atoms with Crippen molar-refractivity contribution in [2.24, 2.45) is 11.7 Å². The Labute approximate surface area is 100 Å². The van der Waals surface area contributed by atoms with Gasteiger partial charge in [-0.1, -0.05) is 20.3 Å². The zero-order chi connectivity index (χ0) is 10.6. The number of thiophene rings is 1. The van der Waals surface area contributed by atoms with E-state index in [-0.39, 0.29) is 24.2 Å². The largest absolute Gasteiger partial charge is 0.324 e. The Hall–Kier alpha value is -0.580. The molecule has 5 heteroatoms. The molecule has 1 heterocycles. The lowest BCUT2D eigenvalue weighted by Gasteiger charge is -2.16. The van der Waals surface area contributed by atoms with E-state index in [1.54, 1.807) is 11.3 Å². The van der Waals surface area contributed by atoms with Gasteiger partial charge in [0.15, 0.2) is 0 Å². The highest BCUT2D eigenvalue weighted by Gasteiger charge is 2.19. The predicted molar refractivity (Wildman–Crippen MR) is 67.6 cm³/mol. The van der Waals surface area contributed by atoms with E-state index in [1.165, 1.54) is 0 Å². The lowest BCUT2D eigenvalue weighted by Crippen LogP contribution is -2.40. The SMILES string of the molecule is CCC(C)C(N)C(=O)Nc1ccsc1.Cl. The summed E-state index contributed by atoms with van der Waals surface area (Å²) in [4.78, 5) is 11.6. The maximum Gasteiger partial charge on any atom is 0.241 e. The molecule has 1 amide bonds. The smallest absolute Gasteiger partial charge is 0.241 e. The van der Waals surface area contributed by atoms with Gasteiger partial charge >= 0.3 is 0 Å². The van der Waals surface area contributed by atoms with Gasteiger partial charge in [0, 0.05) is 5.38 Å². The fourth-order valence-corrected chi connectivity index (χ4v) is 1.66. The number of hydrogen-bond acceptors (Lipinski definition) is 3. The summed E-state index contributed by atoms with van der Waals surface area (Å²) in [6.45, 7) is 4.01. The molecule has 3 nitrogen and oxygen atoms in total. The molecule has 1 aromatic rings. The van der Waals surface area contributed by atoms with E-state index in [4.69, 9.17) is 5.73 Å². The molecule has 0 bridgehead atoms. The van der Waals surface area contributed by atoms with E-state index in [2.05, 4.69) is 5.32 Å². The molecule has 0 radical (unpaired) electrons. The van der Waals surface area contributed by atoms with E-state index in [9.17, 15) is 4.79 Å². The van der Waals surface area contributed by atoms with Crippen molar-refractivity contribution in [2.45, 2.75) is 26.3 Å². The molecule has 0 spiro atoms. The maximum absolute atomic E-state index is 11.6. The molecule has 2 atom stereocenters. The van der Waals surface area contributed by atoms with Crippen LogP contribution in [-0.2, 0) is 4.79 Å². The molecule has 0 aliphatic heterocycles. The highest BCUT2D eigenvalue weighted by atomic mass is 35.5. The molecule has 15 heavy (non-hydrogen) atoms. The summed E-state index contributed by atoms with van der Waals surface area (Å²) in [6.07, 6.45) is 0.915. The van der Waals surface area contributed by atoms with E-state index in [0.29, 0.717) is 0 Å². The van der Waals surface area contributed by atoms with E-state index in [0.717, 1.165) is 12.1 Å². The first-order chi connectivity index (χ1) is 6.65. The molecule has 1 aromatic heterocycles. The van der Waals surface area contributed by atoms with Gasteiger partial charge in [0.25, 0.3) is 0 Å². The van der Waals surface area contributed by atoms with Gasteiger partial charge in [-0.25, -0.2) is 0 Å². The number of carbonyl (C=O) groups excluding carboxylic acids is 1. The summed E-state index contributed by atoms with van der Waals surface area (Å²) in [5.74, 6) is 0.117. The van der Waals surface area contributed by atoms with Gasteiger partial charge in [0.1, 0.15) is 0 Å². The molecule has 0 aromatic carbocycles. The van der Waals surface area contributed by atoms with Gasteiger partial charge in [-0.05, 0) is 17.4 Å². The normalized spacial score (nSPS) is 13.8. The summed E-state index contributed by atoms with van der Waals surface area (Å²) >= 11 is 1.55. The molecular weight excluding hydrogens is 232 g/mol. The Balaban J connectivity index is 0.00000196. The van der Waals surface area contributed by atoms with Gasteiger partial charge in [0.05, 0.1) is 11.7 Å². The number of nitrogens with one attached hydrogen (secondary N) is 1. The van der Waals surface area contributed by atoms with Crippen molar-refractivity contribution in [3.63, 3.8) is 0 Å². The number of anilines is 1. The van der Waals surface area contributed by atoms with Crippen molar-refractivity contribution >= 4 is 35.3 Å². The molecule has 1 rings (SSSR count). The minimum atomic E-state index is -0.417. The standard InChI is InChI=1S/C10H16N2OS.ClH/c1-3-7(2)9(11)10(13)12-8-4-5-14-6-8;/h4-7,9H,3,11H2,1-2H3,(H,12,13);1H. The second-order valence-electron chi connectivity index (χ2n) is 3.41. The Kier molecular flexibility index (Phi) is 6.56. The molecule has 2 unspecified atom stereocenters. The van der Waals surface area contributed by atoms with Crippen LogP contribution >= 0.6 is 23.7 Å². The van der Waals surface area contributed by atoms with Crippen LogP contribution in [0.25, 0.3) is 0 Å². The van der Waals surface area contributed by atoms with E-state index in [1.807, 2.05) is 30.7 Å². The molecular formula is C10H17ClN2OS. The van der Waals surface area contributed by atoms with E-state index >= 15 is 0 Å². The highest BCUT2D eigenvalue weighted by Crippen LogP contribution is 2.13. The van der Waals surface area contributed by atoms with Crippen molar-refractivity contribution in [1.82, 2.24) is 0 Å². The zero-order valence-corrected chi connectivity index (χ0v) is 10.5. The quantitative estimate of drug-likeness (QED) is 0.860. The minimum Gasteiger partial charge on any atom is -0.324 e. The van der Waals surface area contributed by atoms with Crippen molar-refractivity contribution in [3.8, 4) is 0 Å². The third kappa shape index (κ3) is 4.20. The van der Waals surface area contributed by atoms with Crippen LogP contribution in [0.15, 0.2) is 16.8 Å². The fourth-order valence-electron chi connectivity index (χ4n) is 1.07. The summed E-state index contributed by atoms with van der Waals surface area (Å²) < 4.78 is 0. The summed E-state index contributed by atoms with van der Waals surface area (Å²) in [5, 5.41) is 6.59. The highest BCUT2D eigenvalue weighted by molar-refractivity contribution is 7.08. The van der Waals surface area contributed by atoms with Gasteiger partial charge in [0.2, 0.25) is 5.91 Å². The van der Waals surface area contributed by atoms with Crippen LogP contribution in [0.4, 0.5) is 5.69 Å². The third-order valence-electron chi connectivity index (χ3n) is 2.35. The monoisotopic (exact) mass is 248 g/mol. The molecule has 0 aliphatic rings. The van der Waals surface area contributed by atoms with Crippen molar-refractivity contribution in [3.05, 3.63) is 16.8 Å². The van der Waals surface area contributed by atoms with Crippen molar-refractivity contribution in [2.75, 3.05) is 5.32 Å².